The van der Waals surface area contributed by atoms with Crippen LogP contribution in [0, 0.1) is 10.1 Å². The summed E-state index contributed by atoms with van der Waals surface area (Å²) in [6.45, 7) is 2.44. The van der Waals surface area contributed by atoms with Gasteiger partial charge in [-0.25, -0.2) is 4.68 Å². The van der Waals surface area contributed by atoms with E-state index in [4.69, 9.17) is 4.74 Å². The van der Waals surface area contributed by atoms with Gasteiger partial charge in [0, 0.05) is 19.2 Å². The van der Waals surface area contributed by atoms with Crippen molar-refractivity contribution in [1.82, 2.24) is 20.2 Å². The van der Waals surface area contributed by atoms with Crippen molar-refractivity contribution in [2.75, 3.05) is 31.2 Å². The van der Waals surface area contributed by atoms with E-state index in [0.29, 0.717) is 37.7 Å². The lowest BCUT2D eigenvalue weighted by Crippen LogP contribution is -2.36. The van der Waals surface area contributed by atoms with Crippen molar-refractivity contribution in [2.24, 2.45) is 0 Å². The van der Waals surface area contributed by atoms with Gasteiger partial charge >= 0.3 is 0 Å². The molecule has 0 unspecified atom stereocenters. The van der Waals surface area contributed by atoms with Crippen LogP contribution in [0.25, 0.3) is 5.69 Å². The summed E-state index contributed by atoms with van der Waals surface area (Å²) in [7, 11) is 0. The second kappa shape index (κ2) is 5.21. The van der Waals surface area contributed by atoms with E-state index in [2.05, 4.69) is 15.5 Å². The summed E-state index contributed by atoms with van der Waals surface area (Å²) in [4.78, 5) is 12.8. The van der Waals surface area contributed by atoms with E-state index in [1.54, 1.807) is 12.1 Å². The molecular weight excluding hydrogens is 264 g/mol. The molecule has 20 heavy (non-hydrogen) atoms. The standard InChI is InChI=1S/C11H12N6O3/c18-17(19)11-7-9(16-8-12-13-14-16)1-2-10(11)15-3-5-20-6-4-15/h1-2,7-8H,3-6H2. The van der Waals surface area contributed by atoms with Gasteiger partial charge in [0.2, 0.25) is 0 Å². The number of rotatable bonds is 3. The number of nitro groups is 1. The SMILES string of the molecule is O=[N+]([O-])c1cc(-n2cnnn2)ccc1N1CCOCC1. The van der Waals surface area contributed by atoms with Gasteiger partial charge in [0.1, 0.15) is 12.0 Å². The Balaban J connectivity index is 2.00. The van der Waals surface area contributed by atoms with Crippen LogP contribution in [-0.2, 0) is 4.74 Å². The number of aromatic nitrogens is 4. The van der Waals surface area contributed by atoms with Crippen LogP contribution in [-0.4, -0.2) is 51.4 Å². The molecule has 0 N–H and O–H groups in total. The maximum absolute atomic E-state index is 11.3. The molecule has 0 saturated carbocycles. The van der Waals surface area contributed by atoms with E-state index < -0.39 is 4.92 Å². The van der Waals surface area contributed by atoms with Crippen LogP contribution >= 0.6 is 0 Å². The second-order valence-corrected chi connectivity index (χ2v) is 4.28. The maximum atomic E-state index is 11.3. The monoisotopic (exact) mass is 276 g/mol. The molecular formula is C11H12N6O3. The lowest BCUT2D eigenvalue weighted by Gasteiger charge is -2.28. The number of tetrazole rings is 1. The number of benzene rings is 1. The van der Waals surface area contributed by atoms with E-state index in [1.807, 2.05) is 4.90 Å². The predicted octanol–water partition coefficient (Wildman–Crippen LogP) is 0.407. The molecule has 1 aliphatic heterocycles. The van der Waals surface area contributed by atoms with Gasteiger partial charge in [-0.3, -0.25) is 10.1 Å². The Morgan fingerprint density at radius 3 is 2.75 bits per heavy atom. The molecule has 2 aromatic rings. The fraction of sp³-hybridized carbons (Fsp3) is 0.364. The Hall–Kier alpha value is -2.55. The Morgan fingerprint density at radius 1 is 1.30 bits per heavy atom. The number of hydrogen-bond donors (Lipinski definition) is 0. The first-order chi connectivity index (χ1) is 9.75. The van der Waals surface area contributed by atoms with Crippen LogP contribution in [0.15, 0.2) is 24.5 Å². The van der Waals surface area contributed by atoms with E-state index in [1.165, 1.54) is 17.1 Å². The molecule has 3 rings (SSSR count). The molecule has 1 saturated heterocycles. The topological polar surface area (TPSA) is 99.2 Å². The molecule has 0 amide bonds. The van der Waals surface area contributed by atoms with Crippen molar-refractivity contribution in [3.8, 4) is 5.69 Å². The minimum Gasteiger partial charge on any atom is -0.378 e. The van der Waals surface area contributed by atoms with Crippen LogP contribution in [0.5, 0.6) is 0 Å². The van der Waals surface area contributed by atoms with Crippen molar-refractivity contribution < 1.29 is 9.66 Å². The highest BCUT2D eigenvalue weighted by Gasteiger charge is 2.22. The fourth-order valence-corrected chi connectivity index (χ4v) is 2.15. The van der Waals surface area contributed by atoms with Gasteiger partial charge in [0.15, 0.2) is 0 Å². The lowest BCUT2D eigenvalue weighted by molar-refractivity contribution is -0.384. The van der Waals surface area contributed by atoms with Gasteiger partial charge in [0.25, 0.3) is 5.69 Å². The first-order valence-corrected chi connectivity index (χ1v) is 6.10. The third-order valence-electron chi connectivity index (χ3n) is 3.12. The quantitative estimate of drug-likeness (QED) is 0.591. The lowest BCUT2D eigenvalue weighted by atomic mass is 10.2. The first-order valence-electron chi connectivity index (χ1n) is 6.10. The van der Waals surface area contributed by atoms with Gasteiger partial charge in [-0.15, -0.1) is 5.10 Å². The van der Waals surface area contributed by atoms with Crippen LogP contribution in [0.3, 0.4) is 0 Å². The predicted molar refractivity (Wildman–Crippen MR) is 68.8 cm³/mol. The van der Waals surface area contributed by atoms with Crippen LogP contribution in [0.1, 0.15) is 0 Å². The van der Waals surface area contributed by atoms with E-state index in [0.717, 1.165) is 0 Å². The van der Waals surface area contributed by atoms with Crippen LogP contribution < -0.4 is 4.90 Å². The van der Waals surface area contributed by atoms with Gasteiger partial charge in [-0.2, -0.15) is 0 Å². The molecule has 104 valence electrons. The largest absolute Gasteiger partial charge is 0.378 e. The Morgan fingerprint density at radius 2 is 2.10 bits per heavy atom. The molecule has 9 nitrogen and oxygen atoms in total. The fourth-order valence-electron chi connectivity index (χ4n) is 2.15. The number of nitro benzene ring substituents is 1. The summed E-state index contributed by atoms with van der Waals surface area (Å²) < 4.78 is 6.65. The Kier molecular flexibility index (Phi) is 3.25. The van der Waals surface area contributed by atoms with E-state index in [9.17, 15) is 10.1 Å². The summed E-state index contributed by atoms with van der Waals surface area (Å²) in [6, 6.07) is 4.95. The number of anilines is 1. The summed E-state index contributed by atoms with van der Waals surface area (Å²) >= 11 is 0. The first kappa shape index (κ1) is 12.5. The zero-order chi connectivity index (χ0) is 13.9. The average Bonchev–Trinajstić information content (AvgIpc) is 3.02. The highest BCUT2D eigenvalue weighted by atomic mass is 16.6. The van der Waals surface area contributed by atoms with E-state index >= 15 is 0 Å². The van der Waals surface area contributed by atoms with Gasteiger partial charge in [-0.05, 0) is 22.6 Å². The smallest absolute Gasteiger partial charge is 0.294 e. The van der Waals surface area contributed by atoms with Crippen molar-refractivity contribution in [2.45, 2.75) is 0 Å². The molecule has 1 aliphatic rings. The molecule has 0 aliphatic carbocycles. The van der Waals surface area contributed by atoms with E-state index in [-0.39, 0.29) is 5.69 Å². The zero-order valence-electron chi connectivity index (χ0n) is 10.5. The van der Waals surface area contributed by atoms with Crippen molar-refractivity contribution >= 4 is 11.4 Å². The number of ether oxygens (including phenoxy) is 1. The second-order valence-electron chi connectivity index (χ2n) is 4.28. The summed E-state index contributed by atoms with van der Waals surface area (Å²) in [5, 5.41) is 22.0. The molecule has 0 radical (unpaired) electrons. The van der Waals surface area contributed by atoms with Crippen LogP contribution in [0.4, 0.5) is 11.4 Å². The Labute approximate surface area is 113 Å². The molecule has 9 heteroatoms. The third kappa shape index (κ3) is 2.30. The summed E-state index contributed by atoms with van der Waals surface area (Å²) in [5.74, 6) is 0. The van der Waals surface area contributed by atoms with Gasteiger partial charge < -0.3 is 9.64 Å². The van der Waals surface area contributed by atoms with Crippen molar-refractivity contribution in [1.29, 1.82) is 0 Å². The van der Waals surface area contributed by atoms with Crippen LogP contribution in [0.2, 0.25) is 0 Å². The number of nitrogens with zero attached hydrogens (tertiary/aromatic N) is 6. The molecule has 1 aromatic carbocycles. The van der Waals surface area contributed by atoms with Gasteiger partial charge in [-0.1, -0.05) is 0 Å². The molecule has 2 heterocycles. The Bertz CT molecular complexity index is 609. The third-order valence-corrected chi connectivity index (χ3v) is 3.12. The molecule has 0 spiro atoms. The number of hydrogen-bond acceptors (Lipinski definition) is 7. The summed E-state index contributed by atoms with van der Waals surface area (Å²) in [6.07, 6.45) is 1.40. The molecule has 1 fully saturated rings. The molecule has 0 bridgehead atoms. The minimum absolute atomic E-state index is 0.0416. The molecule has 0 atom stereocenters. The average molecular weight is 276 g/mol. The van der Waals surface area contributed by atoms with Gasteiger partial charge in [0.05, 0.1) is 23.8 Å². The highest BCUT2D eigenvalue weighted by Crippen LogP contribution is 2.30. The molecule has 1 aromatic heterocycles. The summed E-state index contributed by atoms with van der Waals surface area (Å²) in [5.41, 5.74) is 1.19. The van der Waals surface area contributed by atoms with Crippen molar-refractivity contribution in [3.63, 3.8) is 0 Å². The maximum Gasteiger partial charge on any atom is 0.294 e. The van der Waals surface area contributed by atoms with Crippen molar-refractivity contribution in [3.05, 3.63) is 34.6 Å². The number of morpholine rings is 1. The highest BCUT2D eigenvalue weighted by molar-refractivity contribution is 5.66. The zero-order valence-corrected chi connectivity index (χ0v) is 10.5. The normalized spacial score (nSPS) is 15.3. The minimum atomic E-state index is -0.390.